The van der Waals surface area contributed by atoms with E-state index in [0.29, 0.717) is 0 Å². The summed E-state index contributed by atoms with van der Waals surface area (Å²) in [6, 6.07) is 12.1. The van der Waals surface area contributed by atoms with Gasteiger partial charge >= 0.3 is 11.9 Å². The molecule has 16 heteroatoms. The van der Waals surface area contributed by atoms with E-state index in [1.54, 1.807) is 27.7 Å². The molecule has 52 heavy (non-hydrogen) atoms. The van der Waals surface area contributed by atoms with E-state index in [9.17, 15) is 40.8 Å². The molecule has 3 heterocycles. The molecule has 0 spiro atoms. The van der Waals surface area contributed by atoms with Crippen LogP contribution in [0.25, 0.3) is 0 Å². The van der Waals surface area contributed by atoms with Crippen molar-refractivity contribution in [1.82, 2.24) is 9.97 Å². The van der Waals surface area contributed by atoms with Crippen molar-refractivity contribution in [2.24, 2.45) is 0 Å². The Balaban J connectivity index is 1.93. The second kappa shape index (κ2) is 14.9. The third-order valence-corrected chi connectivity index (χ3v) is 7.55. The molecular weight excluding hydrogens is 676 g/mol. The van der Waals surface area contributed by atoms with Crippen LogP contribution in [-0.4, -0.2) is 45.3 Å². The van der Waals surface area contributed by atoms with Gasteiger partial charge in [-0.25, -0.2) is 9.59 Å². The molecule has 5 rings (SSSR count). The van der Waals surface area contributed by atoms with Crippen LogP contribution < -0.4 is 18.9 Å². The SMILES string of the molecule is CCOC(=O)c1cc2c(O)c(c1)Oc1nc(c(C#N)c(CC)c1C#N)Oc1cc(C(=O)OCC)cc(c1O)Oc1nc(c(C#N)c(CC)c1C#N)O2. The summed E-state index contributed by atoms with van der Waals surface area (Å²) >= 11 is 0. The quantitative estimate of drug-likeness (QED) is 0.183. The van der Waals surface area contributed by atoms with Crippen molar-refractivity contribution < 1.29 is 48.2 Å². The van der Waals surface area contributed by atoms with Crippen LogP contribution >= 0.6 is 0 Å². The number of aromatic nitrogens is 2. The minimum atomic E-state index is -0.865. The summed E-state index contributed by atoms with van der Waals surface area (Å²) in [5.74, 6) is -7.13. The van der Waals surface area contributed by atoms with E-state index in [1.165, 1.54) is 0 Å². The van der Waals surface area contributed by atoms with E-state index in [2.05, 4.69) is 9.97 Å². The van der Waals surface area contributed by atoms with Crippen LogP contribution in [0, 0.1) is 45.3 Å². The summed E-state index contributed by atoms with van der Waals surface area (Å²) in [5.41, 5.74) is -1.13. The molecule has 0 aliphatic carbocycles. The van der Waals surface area contributed by atoms with Crippen LogP contribution in [0.3, 0.4) is 0 Å². The lowest BCUT2D eigenvalue weighted by molar-refractivity contribution is 0.0516. The zero-order chi connectivity index (χ0) is 37.7. The molecule has 0 amide bonds. The van der Waals surface area contributed by atoms with Crippen molar-refractivity contribution in [3.63, 3.8) is 0 Å². The van der Waals surface area contributed by atoms with Crippen molar-refractivity contribution >= 4 is 11.9 Å². The van der Waals surface area contributed by atoms with Gasteiger partial charge in [-0.2, -0.15) is 31.0 Å². The molecule has 4 aromatic rings. The van der Waals surface area contributed by atoms with Gasteiger partial charge in [0.15, 0.2) is 23.0 Å². The molecule has 1 aliphatic heterocycles. The second-order valence-corrected chi connectivity index (χ2v) is 10.5. The number of benzene rings is 2. The van der Waals surface area contributed by atoms with Crippen molar-refractivity contribution in [3.05, 3.63) is 68.8 Å². The van der Waals surface area contributed by atoms with E-state index < -0.39 is 70.0 Å². The first-order valence-electron chi connectivity index (χ1n) is 15.6. The van der Waals surface area contributed by atoms with E-state index in [0.717, 1.165) is 24.3 Å². The number of fused-ring (bicyclic) bond motifs is 8. The maximum absolute atomic E-state index is 12.9. The molecule has 2 aromatic heterocycles. The van der Waals surface area contributed by atoms with Gasteiger partial charge in [0.05, 0.1) is 24.3 Å². The molecule has 0 unspecified atom stereocenters. The van der Waals surface area contributed by atoms with Crippen LogP contribution in [0.4, 0.5) is 0 Å². The average Bonchev–Trinajstić information content (AvgIpc) is 3.13. The molecule has 2 aromatic carbocycles. The maximum atomic E-state index is 12.9. The highest BCUT2D eigenvalue weighted by Crippen LogP contribution is 2.47. The highest BCUT2D eigenvalue weighted by Gasteiger charge is 2.30. The lowest BCUT2D eigenvalue weighted by Crippen LogP contribution is -2.09. The summed E-state index contributed by atoms with van der Waals surface area (Å²) in [7, 11) is 0. The van der Waals surface area contributed by atoms with Gasteiger partial charge < -0.3 is 38.6 Å². The predicted octanol–water partition coefficient (Wildman–Crippen LogP) is 6.34. The van der Waals surface area contributed by atoms with E-state index in [-0.39, 0.29) is 70.6 Å². The third kappa shape index (κ3) is 6.43. The first kappa shape index (κ1) is 35.7. The van der Waals surface area contributed by atoms with Crippen molar-refractivity contribution in [3.8, 4) is 82.3 Å². The Morgan fingerprint density at radius 2 is 0.846 bits per heavy atom. The van der Waals surface area contributed by atoms with Gasteiger partial charge in [0, 0.05) is 0 Å². The Labute approximate surface area is 295 Å². The number of hydrogen-bond acceptors (Lipinski definition) is 16. The topological polar surface area (TPSA) is 251 Å². The highest BCUT2D eigenvalue weighted by molar-refractivity contribution is 5.92. The van der Waals surface area contributed by atoms with E-state index >= 15 is 0 Å². The maximum Gasteiger partial charge on any atom is 0.338 e. The molecular formula is C36H26N6O10. The van der Waals surface area contributed by atoms with Gasteiger partial charge in [0.2, 0.25) is 35.0 Å². The number of phenols is 2. The zero-order valence-corrected chi connectivity index (χ0v) is 28.0. The Morgan fingerprint density at radius 3 is 1.06 bits per heavy atom. The Hall–Kier alpha value is -7.56. The van der Waals surface area contributed by atoms with Crippen molar-refractivity contribution in [1.29, 1.82) is 21.0 Å². The van der Waals surface area contributed by atoms with Gasteiger partial charge in [0.25, 0.3) is 0 Å². The summed E-state index contributed by atoms with van der Waals surface area (Å²) in [6.07, 6.45) is 0.142. The second-order valence-electron chi connectivity index (χ2n) is 10.5. The highest BCUT2D eigenvalue weighted by atomic mass is 16.5. The lowest BCUT2D eigenvalue weighted by Gasteiger charge is -2.20. The number of phenolic OH excluding ortho intramolecular Hbond substituents is 2. The minimum Gasteiger partial charge on any atom is -0.502 e. The number of hydrogen-bond donors (Lipinski definition) is 2. The number of pyridine rings is 2. The molecule has 0 saturated heterocycles. The summed E-state index contributed by atoms with van der Waals surface area (Å²) in [5, 5.41) is 63.6. The standard InChI is InChI=1S/C36H26N6O10/c1-5-19-21(13-37)31-41-32(22(19)14-38)50-26-10-18(36(46)48-8-4)12-28(30(26)44)52-34-24(16-40)20(6-2)23(15-39)33(42-34)51-27-11-17(35(45)47-7-3)9-25(49-31)29(27)43/h9-12,43-44H,5-8H2,1-4H3. The van der Waals surface area contributed by atoms with Crippen LogP contribution in [0.1, 0.15) is 81.8 Å². The van der Waals surface area contributed by atoms with Gasteiger partial charge in [0.1, 0.15) is 46.5 Å². The van der Waals surface area contributed by atoms with Crippen molar-refractivity contribution in [2.45, 2.75) is 40.5 Å². The van der Waals surface area contributed by atoms with Crippen LogP contribution in [0.5, 0.6) is 58.0 Å². The monoisotopic (exact) mass is 702 g/mol. The molecule has 0 atom stereocenters. The van der Waals surface area contributed by atoms with Gasteiger partial charge in [-0.1, -0.05) is 13.8 Å². The molecule has 8 bridgehead atoms. The van der Waals surface area contributed by atoms with Gasteiger partial charge in [-0.3, -0.25) is 0 Å². The Morgan fingerprint density at radius 1 is 0.577 bits per heavy atom. The van der Waals surface area contributed by atoms with Crippen LogP contribution in [-0.2, 0) is 22.3 Å². The molecule has 0 radical (unpaired) electrons. The number of rotatable bonds is 6. The van der Waals surface area contributed by atoms with E-state index in [4.69, 9.17) is 28.4 Å². The Kier molecular flexibility index (Phi) is 10.2. The fourth-order valence-corrected chi connectivity index (χ4v) is 5.20. The number of nitrogens with zero attached hydrogens (tertiary/aromatic N) is 6. The van der Waals surface area contributed by atoms with Gasteiger partial charge in [-0.15, -0.1) is 0 Å². The van der Waals surface area contributed by atoms with Crippen molar-refractivity contribution in [2.75, 3.05) is 13.2 Å². The summed E-state index contributed by atoms with van der Waals surface area (Å²) < 4.78 is 34.1. The number of nitriles is 4. The largest absolute Gasteiger partial charge is 0.502 e. The molecule has 2 N–H and O–H groups in total. The smallest absolute Gasteiger partial charge is 0.338 e. The Bertz CT molecular complexity index is 2040. The van der Waals surface area contributed by atoms with E-state index in [1.807, 2.05) is 24.3 Å². The molecule has 1 aliphatic rings. The lowest BCUT2D eigenvalue weighted by atomic mass is 10.0. The van der Waals surface area contributed by atoms with Gasteiger partial charge in [-0.05, 0) is 62.1 Å². The first-order chi connectivity index (χ1) is 25.1. The molecule has 0 fully saturated rings. The number of esters is 2. The first-order valence-corrected chi connectivity index (χ1v) is 15.6. The summed E-state index contributed by atoms with van der Waals surface area (Å²) in [6.45, 7) is 6.37. The minimum absolute atomic E-state index is 0.0242. The fourth-order valence-electron chi connectivity index (χ4n) is 5.20. The normalized spacial score (nSPS) is 11.1. The molecule has 0 saturated carbocycles. The molecule has 260 valence electrons. The number of carbonyl (C=O) groups is 2. The molecule has 16 nitrogen and oxygen atoms in total. The zero-order valence-electron chi connectivity index (χ0n) is 28.0. The third-order valence-electron chi connectivity index (χ3n) is 7.55. The average molecular weight is 703 g/mol. The number of aromatic hydroxyl groups is 2. The van der Waals surface area contributed by atoms with Crippen LogP contribution in [0.15, 0.2) is 24.3 Å². The predicted molar refractivity (Wildman–Crippen MR) is 175 cm³/mol. The summed E-state index contributed by atoms with van der Waals surface area (Å²) in [4.78, 5) is 34.4. The van der Waals surface area contributed by atoms with Crippen LogP contribution in [0.2, 0.25) is 0 Å². The number of carbonyl (C=O) groups excluding carboxylic acids is 2. The number of ether oxygens (including phenoxy) is 6. The fraction of sp³-hybridized carbons (Fsp3) is 0.222.